The topological polar surface area (TPSA) is 95.5 Å². The molecule has 0 aliphatic heterocycles. The van der Waals surface area contributed by atoms with Gasteiger partial charge in [-0.1, -0.05) is 37.5 Å². The summed E-state index contributed by atoms with van der Waals surface area (Å²) in [6, 6.07) is 4.16. The Bertz CT molecular complexity index is 666. The predicted molar refractivity (Wildman–Crippen MR) is 98.6 cm³/mol. The third-order valence-corrected chi connectivity index (χ3v) is 5.06. The number of carbonyl (C=O) groups is 3. The molecule has 1 atom stereocenters. The number of aliphatic carboxylic acids is 1. The standard InChI is InChI=1S/C20H28N2O4/c1-13-8-9-16(10-14(13)2)19(20(25)26)22-18(24)12-21-17(23)11-15-6-4-3-5-7-15/h8-10,15,19H,3-7,11-12H2,1-2H3,(H,21,23)(H,22,24)(H,25,26). The molecule has 0 saturated heterocycles. The molecule has 1 aliphatic rings. The van der Waals surface area contributed by atoms with E-state index in [1.54, 1.807) is 12.1 Å². The van der Waals surface area contributed by atoms with Crippen molar-refractivity contribution in [2.75, 3.05) is 6.54 Å². The number of aryl methyl sites for hydroxylation is 2. The zero-order valence-corrected chi connectivity index (χ0v) is 15.5. The number of nitrogens with one attached hydrogen (secondary N) is 2. The van der Waals surface area contributed by atoms with E-state index >= 15 is 0 Å². The number of hydrogen-bond donors (Lipinski definition) is 3. The molecule has 1 aromatic rings. The van der Waals surface area contributed by atoms with Crippen LogP contribution < -0.4 is 10.6 Å². The molecule has 2 amide bonds. The van der Waals surface area contributed by atoms with Gasteiger partial charge < -0.3 is 15.7 Å². The van der Waals surface area contributed by atoms with Gasteiger partial charge in [0, 0.05) is 6.42 Å². The van der Waals surface area contributed by atoms with Crippen molar-refractivity contribution in [3.8, 4) is 0 Å². The average Bonchev–Trinajstić information content (AvgIpc) is 2.61. The van der Waals surface area contributed by atoms with Crippen LogP contribution in [0.4, 0.5) is 0 Å². The number of carboxylic acid groups (broad SMARTS) is 1. The fourth-order valence-corrected chi connectivity index (χ4v) is 3.35. The van der Waals surface area contributed by atoms with Crippen LogP contribution in [0.25, 0.3) is 0 Å². The molecule has 1 fully saturated rings. The van der Waals surface area contributed by atoms with Gasteiger partial charge in [0.2, 0.25) is 11.8 Å². The van der Waals surface area contributed by atoms with Crippen LogP contribution in [0.5, 0.6) is 0 Å². The Labute approximate surface area is 154 Å². The monoisotopic (exact) mass is 360 g/mol. The fourth-order valence-electron chi connectivity index (χ4n) is 3.35. The summed E-state index contributed by atoms with van der Waals surface area (Å²) in [7, 11) is 0. The maximum atomic E-state index is 12.1. The highest BCUT2D eigenvalue weighted by molar-refractivity contribution is 5.88. The van der Waals surface area contributed by atoms with E-state index in [9.17, 15) is 19.5 Å². The minimum atomic E-state index is -1.13. The Morgan fingerprint density at radius 3 is 2.38 bits per heavy atom. The second-order valence-electron chi connectivity index (χ2n) is 7.17. The second kappa shape index (κ2) is 9.36. The number of hydrogen-bond acceptors (Lipinski definition) is 3. The Hall–Kier alpha value is -2.37. The normalized spacial score (nSPS) is 15.9. The zero-order valence-electron chi connectivity index (χ0n) is 15.5. The van der Waals surface area contributed by atoms with Crippen molar-refractivity contribution in [1.29, 1.82) is 0 Å². The Morgan fingerprint density at radius 1 is 1.08 bits per heavy atom. The van der Waals surface area contributed by atoms with Gasteiger partial charge in [0.05, 0.1) is 6.54 Å². The summed E-state index contributed by atoms with van der Waals surface area (Å²) >= 11 is 0. The van der Waals surface area contributed by atoms with Gasteiger partial charge in [-0.25, -0.2) is 4.79 Å². The predicted octanol–water partition coefficient (Wildman–Crippen LogP) is 2.63. The van der Waals surface area contributed by atoms with Crippen LogP contribution in [-0.4, -0.2) is 29.4 Å². The molecule has 142 valence electrons. The second-order valence-corrected chi connectivity index (χ2v) is 7.17. The molecule has 1 aromatic carbocycles. The van der Waals surface area contributed by atoms with Gasteiger partial charge in [0.1, 0.15) is 0 Å². The van der Waals surface area contributed by atoms with Gasteiger partial charge in [0.15, 0.2) is 6.04 Å². The molecule has 6 nitrogen and oxygen atoms in total. The van der Waals surface area contributed by atoms with Crippen LogP contribution in [0.15, 0.2) is 18.2 Å². The number of benzene rings is 1. The minimum Gasteiger partial charge on any atom is -0.479 e. The van der Waals surface area contributed by atoms with E-state index in [1.165, 1.54) is 6.42 Å². The smallest absolute Gasteiger partial charge is 0.330 e. The van der Waals surface area contributed by atoms with Gasteiger partial charge in [-0.05, 0) is 49.3 Å². The molecular weight excluding hydrogens is 332 g/mol. The molecule has 0 heterocycles. The Morgan fingerprint density at radius 2 is 1.77 bits per heavy atom. The first-order valence-corrected chi connectivity index (χ1v) is 9.23. The summed E-state index contributed by atoms with van der Waals surface area (Å²) in [4.78, 5) is 35.6. The highest BCUT2D eigenvalue weighted by Gasteiger charge is 2.23. The van der Waals surface area contributed by atoms with Crippen molar-refractivity contribution >= 4 is 17.8 Å². The van der Waals surface area contributed by atoms with Crippen LogP contribution in [0.1, 0.15) is 61.3 Å². The number of carboxylic acids is 1. The lowest BCUT2D eigenvalue weighted by Gasteiger charge is -2.21. The first kappa shape index (κ1) is 19.9. The van der Waals surface area contributed by atoms with Gasteiger partial charge in [0.25, 0.3) is 0 Å². The number of carbonyl (C=O) groups excluding carboxylic acids is 2. The highest BCUT2D eigenvalue weighted by atomic mass is 16.4. The molecule has 1 saturated carbocycles. The summed E-state index contributed by atoms with van der Waals surface area (Å²) in [5, 5.41) is 14.5. The third-order valence-electron chi connectivity index (χ3n) is 5.06. The fraction of sp³-hybridized carbons (Fsp3) is 0.550. The molecule has 26 heavy (non-hydrogen) atoms. The molecular formula is C20H28N2O4. The van der Waals surface area contributed by atoms with E-state index < -0.39 is 17.9 Å². The van der Waals surface area contributed by atoms with Gasteiger partial charge in [-0.3, -0.25) is 9.59 Å². The molecule has 1 unspecified atom stereocenters. The largest absolute Gasteiger partial charge is 0.479 e. The van der Waals surface area contributed by atoms with Crippen molar-refractivity contribution in [3.63, 3.8) is 0 Å². The summed E-state index contributed by atoms with van der Waals surface area (Å²) in [6.07, 6.45) is 6.12. The molecule has 6 heteroatoms. The van der Waals surface area contributed by atoms with E-state index in [0.29, 0.717) is 17.9 Å². The van der Waals surface area contributed by atoms with Crippen LogP contribution in [0.3, 0.4) is 0 Å². The molecule has 1 aliphatic carbocycles. The van der Waals surface area contributed by atoms with Crippen LogP contribution >= 0.6 is 0 Å². The van der Waals surface area contributed by atoms with Crippen molar-refractivity contribution in [3.05, 3.63) is 34.9 Å². The van der Waals surface area contributed by atoms with E-state index in [1.807, 2.05) is 19.9 Å². The van der Waals surface area contributed by atoms with Crippen molar-refractivity contribution < 1.29 is 19.5 Å². The molecule has 0 aromatic heterocycles. The zero-order chi connectivity index (χ0) is 19.1. The lowest BCUT2D eigenvalue weighted by molar-refractivity contribution is -0.142. The third kappa shape index (κ3) is 5.86. The van der Waals surface area contributed by atoms with Crippen molar-refractivity contribution in [1.82, 2.24) is 10.6 Å². The number of amides is 2. The molecule has 2 rings (SSSR count). The van der Waals surface area contributed by atoms with Crippen LogP contribution in [0.2, 0.25) is 0 Å². The molecule has 0 bridgehead atoms. The van der Waals surface area contributed by atoms with Crippen LogP contribution in [-0.2, 0) is 14.4 Å². The summed E-state index contributed by atoms with van der Waals surface area (Å²) in [5.41, 5.74) is 2.53. The van der Waals surface area contributed by atoms with Crippen molar-refractivity contribution in [2.45, 2.75) is 58.4 Å². The van der Waals surface area contributed by atoms with Gasteiger partial charge in [-0.2, -0.15) is 0 Å². The lowest BCUT2D eigenvalue weighted by atomic mass is 9.87. The minimum absolute atomic E-state index is 0.148. The average molecular weight is 360 g/mol. The van der Waals surface area contributed by atoms with Gasteiger partial charge >= 0.3 is 5.97 Å². The van der Waals surface area contributed by atoms with Crippen molar-refractivity contribution in [2.24, 2.45) is 5.92 Å². The highest BCUT2D eigenvalue weighted by Crippen LogP contribution is 2.26. The summed E-state index contributed by atoms with van der Waals surface area (Å²) in [6.45, 7) is 3.63. The SMILES string of the molecule is Cc1ccc(C(NC(=O)CNC(=O)CC2CCCCC2)C(=O)O)cc1C. The maximum Gasteiger partial charge on any atom is 0.330 e. The summed E-state index contributed by atoms with van der Waals surface area (Å²) in [5.74, 6) is -1.39. The Balaban J connectivity index is 1.86. The van der Waals surface area contributed by atoms with E-state index in [2.05, 4.69) is 10.6 Å². The maximum absolute atomic E-state index is 12.1. The molecule has 3 N–H and O–H groups in total. The van der Waals surface area contributed by atoms with E-state index in [-0.39, 0.29) is 12.5 Å². The number of rotatable bonds is 7. The Kier molecular flexibility index (Phi) is 7.18. The van der Waals surface area contributed by atoms with E-state index in [0.717, 1.165) is 36.8 Å². The first-order valence-electron chi connectivity index (χ1n) is 9.23. The van der Waals surface area contributed by atoms with Gasteiger partial charge in [-0.15, -0.1) is 0 Å². The van der Waals surface area contributed by atoms with Crippen LogP contribution in [0, 0.1) is 19.8 Å². The first-order chi connectivity index (χ1) is 12.4. The summed E-state index contributed by atoms with van der Waals surface area (Å²) < 4.78 is 0. The van der Waals surface area contributed by atoms with E-state index in [4.69, 9.17) is 0 Å². The molecule has 0 radical (unpaired) electrons. The lowest BCUT2D eigenvalue weighted by Crippen LogP contribution is -2.41. The molecule has 0 spiro atoms. The quantitative estimate of drug-likeness (QED) is 0.696.